The Morgan fingerprint density at radius 3 is 2.89 bits per heavy atom. The van der Waals surface area contributed by atoms with Crippen molar-refractivity contribution in [3.05, 3.63) is 53.4 Å². The normalized spacial score (nSPS) is 14.8. The van der Waals surface area contributed by atoms with E-state index in [1.165, 1.54) is 24.8 Å². The molecule has 180 valence electrons. The SMILES string of the molecule is CN=C/C(=C(\N)OC)c1cc(OCC2COC2)c2c(Nc3ccc4ncsc4c3F)ncnc2c1. The Morgan fingerprint density at radius 2 is 2.14 bits per heavy atom. The number of rotatable bonds is 8. The first-order valence-electron chi connectivity index (χ1n) is 10.8. The smallest absolute Gasteiger partial charge is 0.193 e. The zero-order valence-electron chi connectivity index (χ0n) is 19.1. The minimum absolute atomic E-state index is 0.209. The van der Waals surface area contributed by atoms with Gasteiger partial charge < -0.3 is 25.3 Å². The molecule has 0 bridgehead atoms. The van der Waals surface area contributed by atoms with Gasteiger partial charge in [-0.15, -0.1) is 11.3 Å². The Bertz CT molecular complexity index is 1450. The number of aromatic nitrogens is 3. The number of benzene rings is 2. The van der Waals surface area contributed by atoms with E-state index < -0.39 is 0 Å². The lowest BCUT2D eigenvalue weighted by atomic mass is 10.0. The number of allylic oxidation sites excluding steroid dienone is 1. The van der Waals surface area contributed by atoms with Crippen molar-refractivity contribution >= 4 is 55.7 Å². The van der Waals surface area contributed by atoms with Gasteiger partial charge in [0, 0.05) is 19.2 Å². The average Bonchev–Trinajstić information content (AvgIpc) is 3.32. The first-order valence-corrected chi connectivity index (χ1v) is 11.7. The minimum Gasteiger partial charge on any atom is -0.492 e. The second-order valence-corrected chi connectivity index (χ2v) is 8.78. The van der Waals surface area contributed by atoms with Gasteiger partial charge in [0.05, 0.1) is 64.8 Å². The Kier molecular flexibility index (Phi) is 6.43. The Balaban J connectivity index is 1.63. The van der Waals surface area contributed by atoms with E-state index in [1.54, 1.807) is 30.9 Å². The van der Waals surface area contributed by atoms with Crippen molar-refractivity contribution < 1.29 is 18.6 Å². The quantitative estimate of drug-likeness (QED) is 0.278. The summed E-state index contributed by atoms with van der Waals surface area (Å²) in [5.41, 5.74) is 10.5. The lowest BCUT2D eigenvalue weighted by Gasteiger charge is -2.26. The van der Waals surface area contributed by atoms with Gasteiger partial charge in [0.15, 0.2) is 11.7 Å². The van der Waals surface area contributed by atoms with Crippen LogP contribution in [0.25, 0.3) is 26.7 Å². The molecule has 11 heteroatoms. The number of hydrogen-bond donors (Lipinski definition) is 2. The maximum absolute atomic E-state index is 15.1. The Morgan fingerprint density at radius 1 is 1.29 bits per heavy atom. The van der Waals surface area contributed by atoms with Crippen LogP contribution in [0.5, 0.6) is 5.75 Å². The monoisotopic (exact) mass is 494 g/mol. The van der Waals surface area contributed by atoms with Crippen LogP contribution in [0.4, 0.5) is 15.9 Å². The Hall–Kier alpha value is -3.83. The van der Waals surface area contributed by atoms with Crippen LogP contribution < -0.4 is 15.8 Å². The third-order valence-corrected chi connectivity index (χ3v) is 6.46. The molecule has 2 aromatic carbocycles. The molecule has 3 N–H and O–H groups in total. The number of nitrogens with one attached hydrogen (secondary N) is 1. The largest absolute Gasteiger partial charge is 0.492 e. The minimum atomic E-state index is -0.389. The van der Waals surface area contributed by atoms with Gasteiger partial charge in [-0.25, -0.2) is 19.3 Å². The van der Waals surface area contributed by atoms with Crippen molar-refractivity contribution in [2.45, 2.75) is 0 Å². The van der Waals surface area contributed by atoms with Crippen molar-refractivity contribution in [2.75, 3.05) is 39.3 Å². The van der Waals surface area contributed by atoms with Crippen LogP contribution in [-0.2, 0) is 9.47 Å². The summed E-state index contributed by atoms with van der Waals surface area (Å²) in [6, 6.07) is 7.08. The summed E-state index contributed by atoms with van der Waals surface area (Å²) in [6.07, 6.45) is 3.03. The lowest BCUT2D eigenvalue weighted by Crippen LogP contribution is -2.32. The predicted molar refractivity (Wildman–Crippen MR) is 135 cm³/mol. The molecule has 5 rings (SSSR count). The molecule has 0 amide bonds. The van der Waals surface area contributed by atoms with Gasteiger partial charge in [-0.1, -0.05) is 0 Å². The fraction of sp³-hybridized carbons (Fsp3) is 0.250. The number of aliphatic imine (C=N–C) groups is 1. The molecular weight excluding hydrogens is 471 g/mol. The van der Waals surface area contributed by atoms with Crippen LogP contribution in [0.2, 0.25) is 0 Å². The number of nitrogens with zero attached hydrogens (tertiary/aromatic N) is 4. The number of methoxy groups -OCH3 is 1. The van der Waals surface area contributed by atoms with E-state index in [1.807, 2.05) is 12.1 Å². The number of thiazole rings is 1. The second-order valence-electron chi connectivity index (χ2n) is 7.93. The topological polar surface area (TPSA) is 117 Å². The van der Waals surface area contributed by atoms with Gasteiger partial charge in [-0.05, 0) is 29.8 Å². The van der Waals surface area contributed by atoms with Crippen molar-refractivity contribution in [1.82, 2.24) is 15.0 Å². The van der Waals surface area contributed by atoms with Gasteiger partial charge in [-0.2, -0.15) is 0 Å². The maximum atomic E-state index is 15.1. The maximum Gasteiger partial charge on any atom is 0.193 e. The van der Waals surface area contributed by atoms with Gasteiger partial charge >= 0.3 is 0 Å². The molecule has 4 aromatic rings. The molecule has 3 heterocycles. The molecule has 35 heavy (non-hydrogen) atoms. The fourth-order valence-electron chi connectivity index (χ4n) is 3.75. The van der Waals surface area contributed by atoms with Crippen molar-refractivity contribution in [3.63, 3.8) is 0 Å². The van der Waals surface area contributed by atoms with E-state index in [4.69, 9.17) is 19.9 Å². The molecule has 0 saturated carbocycles. The zero-order chi connectivity index (χ0) is 24.4. The number of hydrogen-bond acceptors (Lipinski definition) is 10. The average molecular weight is 495 g/mol. The number of anilines is 2. The van der Waals surface area contributed by atoms with Gasteiger partial charge in [0.25, 0.3) is 0 Å². The van der Waals surface area contributed by atoms with E-state index in [9.17, 15) is 0 Å². The summed E-state index contributed by atoms with van der Waals surface area (Å²) >= 11 is 1.24. The number of nitrogens with two attached hydrogens (primary N) is 1. The summed E-state index contributed by atoms with van der Waals surface area (Å²) in [5, 5.41) is 3.74. The van der Waals surface area contributed by atoms with E-state index in [0.29, 0.717) is 63.6 Å². The molecule has 1 saturated heterocycles. The zero-order valence-corrected chi connectivity index (χ0v) is 19.9. The first kappa shape index (κ1) is 22.9. The second kappa shape index (κ2) is 9.80. The van der Waals surface area contributed by atoms with Crippen LogP contribution in [0.15, 0.2) is 47.0 Å². The molecule has 2 aromatic heterocycles. The molecule has 0 unspecified atom stereocenters. The van der Waals surface area contributed by atoms with Crippen LogP contribution in [0.1, 0.15) is 5.56 Å². The lowest BCUT2D eigenvalue weighted by molar-refractivity contribution is -0.0506. The summed E-state index contributed by atoms with van der Waals surface area (Å²) < 4.78 is 32.4. The molecule has 1 fully saturated rings. The van der Waals surface area contributed by atoms with Gasteiger partial charge in [-0.3, -0.25) is 4.99 Å². The summed E-state index contributed by atoms with van der Waals surface area (Å²) in [7, 11) is 3.14. The first-order chi connectivity index (χ1) is 17.1. The highest BCUT2D eigenvalue weighted by molar-refractivity contribution is 7.16. The predicted octanol–water partition coefficient (Wildman–Crippen LogP) is 4.12. The summed E-state index contributed by atoms with van der Waals surface area (Å²) in [4.78, 5) is 17.1. The van der Waals surface area contributed by atoms with Gasteiger partial charge in [0.2, 0.25) is 0 Å². The van der Waals surface area contributed by atoms with Crippen molar-refractivity contribution in [1.29, 1.82) is 0 Å². The highest BCUT2D eigenvalue weighted by atomic mass is 32.1. The number of halogens is 1. The van der Waals surface area contributed by atoms with Crippen molar-refractivity contribution in [3.8, 4) is 5.75 Å². The summed E-state index contributed by atoms with van der Waals surface area (Å²) in [5.74, 6) is 1.05. The molecule has 0 aliphatic carbocycles. The number of fused-ring (bicyclic) bond motifs is 2. The summed E-state index contributed by atoms with van der Waals surface area (Å²) in [6.45, 7) is 1.74. The molecule has 9 nitrogen and oxygen atoms in total. The Labute approximate surface area is 204 Å². The molecular formula is C24H23FN6O3S. The molecule has 0 atom stereocenters. The van der Waals surface area contributed by atoms with E-state index in [0.717, 1.165) is 0 Å². The standard InChI is InChI=1S/C24H23FN6O3S/c1-27-7-15(23(26)32-2)14-5-18-20(19(6-14)34-10-13-8-33-9-13)24(29-11-28-18)31-16-3-4-17-22(21(16)25)35-12-30-17/h3-7,11-13H,8-10,26H2,1-2H3,(H,28,29,31)/b23-15-,27-7?. The van der Waals surface area contributed by atoms with E-state index >= 15 is 4.39 Å². The van der Waals surface area contributed by atoms with E-state index in [2.05, 4.69) is 25.3 Å². The number of ether oxygens (including phenoxy) is 3. The molecule has 0 spiro atoms. The third-order valence-electron chi connectivity index (χ3n) is 5.63. The molecule has 1 aliphatic heterocycles. The van der Waals surface area contributed by atoms with Gasteiger partial charge in [0.1, 0.15) is 17.9 Å². The van der Waals surface area contributed by atoms with Crippen LogP contribution in [0.3, 0.4) is 0 Å². The van der Waals surface area contributed by atoms with Crippen LogP contribution >= 0.6 is 11.3 Å². The highest BCUT2D eigenvalue weighted by Crippen LogP contribution is 2.37. The van der Waals surface area contributed by atoms with Crippen LogP contribution in [-0.4, -0.2) is 55.1 Å². The third kappa shape index (κ3) is 4.47. The molecule has 1 aliphatic rings. The highest BCUT2D eigenvalue weighted by Gasteiger charge is 2.22. The van der Waals surface area contributed by atoms with Crippen molar-refractivity contribution in [2.24, 2.45) is 16.6 Å². The fourth-order valence-corrected chi connectivity index (χ4v) is 4.47. The molecule has 0 radical (unpaired) electrons. The van der Waals surface area contributed by atoms with E-state index in [-0.39, 0.29) is 23.3 Å². The van der Waals surface area contributed by atoms with Crippen LogP contribution in [0, 0.1) is 11.7 Å².